The maximum Gasteiger partial charge on any atom is 0.293 e. The first-order valence-corrected chi connectivity index (χ1v) is 30.9. The molecular weight excluding hydrogens is 1080 g/mol. The van der Waals surface area contributed by atoms with Gasteiger partial charge in [-0.3, -0.25) is 24.7 Å². The molecule has 3 aromatic carbocycles. The van der Waals surface area contributed by atoms with Gasteiger partial charge in [0.25, 0.3) is 21.6 Å². The number of nitro groups is 1. The molecule has 7 heterocycles. The summed E-state index contributed by atoms with van der Waals surface area (Å²) in [6, 6.07) is 24.1. The number of para-hydroxylation sites is 1. The SMILES string of the molecule is COc1ncc(CN2CCN(C3CC4(CCN(c5ccc(C(=O)NS(=O)(=O)c6ccc(NC[C@H]7CC[C@](C)(O)CC7)c([N+](=O)[O-])c6)c(N6c7cc8cc[nH]c8nc7O[C@H]7COCC[C@@H]76)c5)CC4)C3)[C@@H](c3ccccc3OC(C)C)C2)cc1C. The number of aryl methyl sites for hydroxylation is 1. The lowest BCUT2D eigenvalue weighted by Crippen LogP contribution is -2.59. The molecule has 1 spiro atoms. The molecule has 21 heteroatoms. The van der Waals surface area contributed by atoms with Gasteiger partial charge in [0.15, 0.2) is 0 Å². The highest BCUT2D eigenvalue weighted by Gasteiger charge is 2.51. The molecule has 5 fully saturated rings. The van der Waals surface area contributed by atoms with E-state index in [9.17, 15) is 28.4 Å². The number of carbonyl (C=O) groups excluding carboxylic acids is 1. The molecule has 0 bridgehead atoms. The van der Waals surface area contributed by atoms with Gasteiger partial charge in [0.2, 0.25) is 11.8 Å². The number of methoxy groups -OCH3 is 1. The summed E-state index contributed by atoms with van der Waals surface area (Å²) in [6.07, 6.45) is 10.8. The summed E-state index contributed by atoms with van der Waals surface area (Å²) in [6.45, 7) is 14.3. The van der Waals surface area contributed by atoms with Crippen LogP contribution in [0.15, 0.2) is 96.2 Å². The highest BCUT2D eigenvalue weighted by atomic mass is 32.2. The zero-order valence-electron chi connectivity index (χ0n) is 48.0. The van der Waals surface area contributed by atoms with Crippen LogP contribution in [-0.4, -0.2) is 139 Å². The molecule has 1 amide bonds. The van der Waals surface area contributed by atoms with Crippen molar-refractivity contribution in [1.29, 1.82) is 0 Å². The Hall–Kier alpha value is -7.04. The Morgan fingerprint density at radius 1 is 0.976 bits per heavy atom. The molecule has 12 rings (SSSR count). The Bertz CT molecular complexity index is 3500. The number of hydrogen-bond acceptors (Lipinski definition) is 17. The van der Waals surface area contributed by atoms with E-state index in [1.165, 1.54) is 17.7 Å². The number of anilines is 4. The molecule has 3 aromatic heterocycles. The molecule has 2 aliphatic carbocycles. The van der Waals surface area contributed by atoms with Gasteiger partial charge in [-0.25, -0.2) is 18.1 Å². The zero-order chi connectivity index (χ0) is 57.8. The molecule has 20 nitrogen and oxygen atoms in total. The summed E-state index contributed by atoms with van der Waals surface area (Å²) in [4.78, 5) is 48.6. The molecule has 0 radical (unpaired) electrons. The summed E-state index contributed by atoms with van der Waals surface area (Å²) in [5, 5.41) is 26.9. The van der Waals surface area contributed by atoms with Crippen LogP contribution in [0.2, 0.25) is 0 Å². The van der Waals surface area contributed by atoms with Gasteiger partial charge in [-0.05, 0) is 157 Å². The smallest absolute Gasteiger partial charge is 0.293 e. The summed E-state index contributed by atoms with van der Waals surface area (Å²) < 4.78 is 55.3. The van der Waals surface area contributed by atoms with Crippen molar-refractivity contribution in [2.45, 2.75) is 133 Å². The van der Waals surface area contributed by atoms with Gasteiger partial charge in [-0.2, -0.15) is 4.98 Å². The molecular formula is C62H76N10O10S. The van der Waals surface area contributed by atoms with Crippen molar-refractivity contribution < 1.29 is 42.2 Å². The second kappa shape index (κ2) is 22.8. The average molecular weight is 1150 g/mol. The number of fused-ring (bicyclic) bond motifs is 3. The number of nitrogens with zero attached hydrogens (tertiary/aromatic N) is 7. The van der Waals surface area contributed by atoms with Crippen LogP contribution < -0.4 is 34.0 Å². The number of nitrogens with one attached hydrogen (secondary N) is 3. The monoisotopic (exact) mass is 1150 g/mol. The maximum atomic E-state index is 14.9. The Labute approximate surface area is 485 Å². The number of pyridine rings is 2. The molecule has 4 aliphatic heterocycles. The van der Waals surface area contributed by atoms with Crippen LogP contribution in [0.4, 0.5) is 28.4 Å². The van der Waals surface area contributed by atoms with Gasteiger partial charge in [-0.15, -0.1) is 0 Å². The number of H-pyrrole nitrogens is 1. The van der Waals surface area contributed by atoms with Gasteiger partial charge < -0.3 is 44.2 Å². The molecule has 3 saturated heterocycles. The number of amides is 1. The number of sulfonamides is 1. The van der Waals surface area contributed by atoms with Crippen molar-refractivity contribution in [3.05, 3.63) is 124 Å². The molecule has 4 N–H and O–H groups in total. The number of hydrogen-bond donors (Lipinski definition) is 4. The molecule has 83 heavy (non-hydrogen) atoms. The van der Waals surface area contributed by atoms with Crippen molar-refractivity contribution in [3.8, 4) is 17.5 Å². The predicted molar refractivity (Wildman–Crippen MR) is 316 cm³/mol. The molecule has 0 unspecified atom stereocenters. The van der Waals surface area contributed by atoms with E-state index in [2.05, 4.69) is 83.8 Å². The zero-order valence-corrected chi connectivity index (χ0v) is 48.8. The van der Waals surface area contributed by atoms with Crippen LogP contribution in [0.25, 0.3) is 11.0 Å². The van der Waals surface area contributed by atoms with E-state index < -0.39 is 43.1 Å². The lowest BCUT2D eigenvalue weighted by molar-refractivity contribution is -0.384. The predicted octanol–water partition coefficient (Wildman–Crippen LogP) is 9.44. The van der Waals surface area contributed by atoms with Crippen LogP contribution in [0, 0.1) is 28.4 Å². The highest BCUT2D eigenvalue weighted by molar-refractivity contribution is 7.90. The minimum absolute atomic E-state index is 0.0372. The lowest BCUT2D eigenvalue weighted by atomic mass is 9.59. The van der Waals surface area contributed by atoms with Crippen molar-refractivity contribution in [3.63, 3.8) is 0 Å². The standard InChI is InChI=1S/C62H76N10O10S/c1-39(2)81-55-9-7-6-8-47(55)54-37-68(36-42-28-40(3)59(79-5)65-35-42)25-26-70(54)45-32-62(33-45)20-23-69(24-21-62)44-10-12-48(51(30-44)71-50-17-27-80-38-56(50)82-60-53(71)29-43-16-22-63-57(43)66-60)58(73)67-83(77,78)46-11-13-49(52(31-46)72(75)76)64-34-41-14-18-61(4,74)19-15-41/h6-13,16,22,28-31,35,39,41,45,50,54,56,64,74H,14-15,17-21,23-27,32-34,36-38H2,1-5H3,(H,63,66)(H,67,73)/t41-,50-,54+,56-,61-/m0/s1. The van der Waals surface area contributed by atoms with Crippen LogP contribution in [0.5, 0.6) is 17.5 Å². The Kier molecular flexibility index (Phi) is 15.5. The number of aliphatic hydroxyl groups is 1. The number of nitro benzene ring substituents is 1. The summed E-state index contributed by atoms with van der Waals surface area (Å²) in [5.74, 6) is 1.24. The van der Waals surface area contributed by atoms with Gasteiger partial charge in [-0.1, -0.05) is 18.2 Å². The maximum absolute atomic E-state index is 14.9. The molecule has 3 atom stereocenters. The fourth-order valence-electron chi connectivity index (χ4n) is 13.9. The normalized spacial score (nSPS) is 23.9. The minimum atomic E-state index is -4.65. The molecule has 6 aliphatic rings. The van der Waals surface area contributed by atoms with E-state index in [0.29, 0.717) is 67.2 Å². The quantitative estimate of drug-likeness (QED) is 0.0522. The largest absolute Gasteiger partial charge is 0.491 e. The van der Waals surface area contributed by atoms with Crippen molar-refractivity contribution >= 4 is 55.4 Å². The average Bonchev–Trinajstić information content (AvgIpc) is 3.65. The number of rotatable bonds is 16. The van der Waals surface area contributed by atoms with Crippen LogP contribution in [0.3, 0.4) is 0 Å². The Morgan fingerprint density at radius 2 is 1.77 bits per heavy atom. The number of aromatic amines is 1. The molecule has 2 saturated carbocycles. The Balaban J connectivity index is 0.797. The number of piperidine rings is 1. The summed E-state index contributed by atoms with van der Waals surface area (Å²) >= 11 is 0. The first kappa shape index (κ1) is 56.4. The van der Waals surface area contributed by atoms with Gasteiger partial charge in [0.1, 0.15) is 28.9 Å². The van der Waals surface area contributed by atoms with E-state index in [1.807, 2.05) is 50.5 Å². The third-order valence-electron chi connectivity index (χ3n) is 18.4. The third kappa shape index (κ3) is 11.7. The van der Waals surface area contributed by atoms with E-state index in [1.54, 1.807) is 13.2 Å². The van der Waals surface area contributed by atoms with E-state index in [0.717, 1.165) is 112 Å². The molecule has 440 valence electrons. The number of benzene rings is 3. The summed E-state index contributed by atoms with van der Waals surface area (Å²) in [7, 11) is -2.99. The first-order chi connectivity index (χ1) is 39.9. The summed E-state index contributed by atoms with van der Waals surface area (Å²) in [5.41, 5.74) is 5.35. The first-order valence-electron chi connectivity index (χ1n) is 29.4. The van der Waals surface area contributed by atoms with Crippen molar-refractivity contribution in [1.82, 2.24) is 29.5 Å². The second-order valence-corrected chi connectivity index (χ2v) is 26.2. The lowest BCUT2D eigenvalue weighted by Gasteiger charge is -2.58. The molecule has 6 aromatic rings. The van der Waals surface area contributed by atoms with Crippen molar-refractivity contribution in [2.24, 2.45) is 11.3 Å². The Morgan fingerprint density at radius 3 is 2.53 bits per heavy atom. The van der Waals surface area contributed by atoms with Gasteiger partial charge in [0.05, 0.1) is 58.6 Å². The van der Waals surface area contributed by atoms with Gasteiger partial charge in [0, 0.05) is 99.1 Å². The fraction of sp³-hybridized carbons (Fsp3) is 0.500. The third-order valence-corrected chi connectivity index (χ3v) is 19.7. The number of ether oxygens (including phenoxy) is 4. The van der Waals surface area contributed by atoms with E-state index in [4.69, 9.17) is 23.9 Å². The van der Waals surface area contributed by atoms with Crippen LogP contribution in [0.1, 0.15) is 112 Å². The minimum Gasteiger partial charge on any atom is -0.491 e. The highest BCUT2D eigenvalue weighted by Crippen LogP contribution is 2.54. The van der Waals surface area contributed by atoms with E-state index in [-0.39, 0.29) is 47.4 Å². The number of piperazine rings is 1. The number of carbonyl (C=O) groups is 1. The van der Waals surface area contributed by atoms with Crippen LogP contribution >= 0.6 is 0 Å². The van der Waals surface area contributed by atoms with Crippen molar-refractivity contribution in [2.75, 3.05) is 74.7 Å². The van der Waals surface area contributed by atoms with Gasteiger partial charge >= 0.3 is 0 Å². The second-order valence-electron chi connectivity index (χ2n) is 24.5. The van der Waals surface area contributed by atoms with Crippen LogP contribution in [-0.2, 0) is 21.3 Å². The number of aromatic nitrogens is 3. The fourth-order valence-corrected chi connectivity index (χ4v) is 14.8. The van der Waals surface area contributed by atoms with E-state index >= 15 is 0 Å². The topological polar surface area (TPSA) is 230 Å².